The van der Waals surface area contributed by atoms with Crippen molar-refractivity contribution < 1.29 is 5.11 Å². The molecule has 1 rings (SSSR count). The molecule has 0 saturated heterocycles. The molecule has 4 heteroatoms. The number of rotatable bonds is 4. The van der Waals surface area contributed by atoms with E-state index in [-0.39, 0.29) is 30.2 Å². The van der Waals surface area contributed by atoms with Gasteiger partial charge in [0.15, 0.2) is 0 Å². The van der Waals surface area contributed by atoms with Gasteiger partial charge in [0.05, 0.1) is 0 Å². The molecule has 18 heavy (non-hydrogen) atoms. The Labute approximate surface area is 126 Å². The molecule has 0 amide bonds. The van der Waals surface area contributed by atoms with Crippen LogP contribution in [0.25, 0.3) is 0 Å². The molecule has 94 valence electrons. The van der Waals surface area contributed by atoms with Crippen LogP contribution < -0.4 is 5.11 Å². The average Bonchev–Trinajstić information content (AvgIpc) is 2.28. The third-order valence-electron chi connectivity index (χ3n) is 2.45. The van der Waals surface area contributed by atoms with Gasteiger partial charge in [-0.05, 0) is 35.4 Å². The third-order valence-corrected chi connectivity index (χ3v) is 3.32. The van der Waals surface area contributed by atoms with Crippen molar-refractivity contribution >= 4 is 36.5 Å². The van der Waals surface area contributed by atoms with Crippen LogP contribution in [0.4, 0.5) is 0 Å². The Balaban J connectivity index is 0.00000289. The Hall–Kier alpha value is -0.363. The molecule has 2 nitrogen and oxygen atoms in total. The third kappa shape index (κ3) is 6.00. The average molecular weight is 256 g/mol. The SMILES string of the molecule is CN=C([O-])C[CH]Sc1ccc(C(C)(C)C)cc1.[Li]. The van der Waals surface area contributed by atoms with Crippen molar-refractivity contribution in [2.45, 2.75) is 37.5 Å². The minimum Gasteiger partial charge on any atom is -0.862 e. The Morgan fingerprint density at radius 2 is 1.83 bits per heavy atom. The van der Waals surface area contributed by atoms with Crippen molar-refractivity contribution in [3.8, 4) is 0 Å². The summed E-state index contributed by atoms with van der Waals surface area (Å²) in [5.74, 6) is 1.81. The standard InChI is InChI=1S/C14H20NOS.Li/c1-14(2,3)11-5-7-12(8-6-11)17-10-9-13(16)15-4;/h5-8,10H,9H2,1-4H3,(H,15,16);/p-1. The fourth-order valence-corrected chi connectivity index (χ4v) is 2.05. The molecule has 2 radical (unpaired) electrons. The summed E-state index contributed by atoms with van der Waals surface area (Å²) in [7, 11) is 1.53. The van der Waals surface area contributed by atoms with Gasteiger partial charge in [0, 0.05) is 36.6 Å². The smallest absolute Gasteiger partial charge is 0.0266 e. The van der Waals surface area contributed by atoms with E-state index in [4.69, 9.17) is 0 Å². The van der Waals surface area contributed by atoms with E-state index in [1.807, 2.05) is 5.75 Å². The molecule has 0 N–H and O–H groups in total. The van der Waals surface area contributed by atoms with E-state index in [0.717, 1.165) is 4.90 Å². The van der Waals surface area contributed by atoms with Crippen LogP contribution in [-0.2, 0) is 5.41 Å². The zero-order valence-electron chi connectivity index (χ0n) is 11.9. The first-order valence-corrected chi connectivity index (χ1v) is 6.53. The van der Waals surface area contributed by atoms with Gasteiger partial charge in [-0.1, -0.05) is 32.9 Å². The maximum atomic E-state index is 11.0. The van der Waals surface area contributed by atoms with Crippen molar-refractivity contribution in [1.29, 1.82) is 0 Å². The van der Waals surface area contributed by atoms with Crippen LogP contribution in [0.1, 0.15) is 32.8 Å². The Kier molecular flexibility index (Phi) is 7.78. The summed E-state index contributed by atoms with van der Waals surface area (Å²) in [6.07, 6.45) is 0.391. The molecule has 0 aromatic heterocycles. The van der Waals surface area contributed by atoms with Gasteiger partial charge in [-0.15, -0.1) is 11.8 Å². The first-order chi connectivity index (χ1) is 7.93. The summed E-state index contributed by atoms with van der Waals surface area (Å²) in [4.78, 5) is 4.74. The molecule has 0 atom stereocenters. The monoisotopic (exact) mass is 256 g/mol. The van der Waals surface area contributed by atoms with E-state index in [2.05, 4.69) is 50.0 Å². The Bertz CT molecular complexity index is 382. The van der Waals surface area contributed by atoms with Crippen LogP contribution in [0, 0.1) is 5.75 Å². The Morgan fingerprint density at radius 3 is 2.28 bits per heavy atom. The quantitative estimate of drug-likeness (QED) is 0.359. The molecule has 0 aliphatic carbocycles. The number of thioether (sulfide) groups is 1. The van der Waals surface area contributed by atoms with Crippen LogP contribution in [0.3, 0.4) is 0 Å². The van der Waals surface area contributed by atoms with Crippen molar-refractivity contribution in [2.75, 3.05) is 7.05 Å². The maximum Gasteiger partial charge on any atom is 0.0266 e. The summed E-state index contributed by atoms with van der Waals surface area (Å²) in [5.41, 5.74) is 1.51. The largest absolute Gasteiger partial charge is 0.862 e. The van der Waals surface area contributed by atoms with E-state index in [9.17, 15) is 5.11 Å². The van der Waals surface area contributed by atoms with Gasteiger partial charge < -0.3 is 10.1 Å². The maximum absolute atomic E-state index is 11.0. The first kappa shape index (κ1) is 17.6. The first-order valence-electron chi connectivity index (χ1n) is 5.65. The zero-order valence-corrected chi connectivity index (χ0v) is 12.7. The van der Waals surface area contributed by atoms with Crippen LogP contribution in [0.2, 0.25) is 0 Å². The van der Waals surface area contributed by atoms with Gasteiger partial charge in [-0.3, -0.25) is 0 Å². The minimum absolute atomic E-state index is 0. The number of nitrogens with zero attached hydrogens (tertiary/aromatic N) is 1. The van der Waals surface area contributed by atoms with Gasteiger partial charge >= 0.3 is 0 Å². The second-order valence-electron chi connectivity index (χ2n) is 4.88. The molecule has 0 aliphatic heterocycles. The van der Waals surface area contributed by atoms with Crippen molar-refractivity contribution in [3.63, 3.8) is 0 Å². The van der Waals surface area contributed by atoms with Gasteiger partial charge in [0.25, 0.3) is 0 Å². The van der Waals surface area contributed by atoms with Gasteiger partial charge in [0.2, 0.25) is 0 Å². The van der Waals surface area contributed by atoms with Crippen LogP contribution >= 0.6 is 11.8 Å². The second-order valence-corrected chi connectivity index (χ2v) is 5.92. The van der Waals surface area contributed by atoms with E-state index in [0.29, 0.717) is 6.42 Å². The Morgan fingerprint density at radius 1 is 1.28 bits per heavy atom. The summed E-state index contributed by atoms with van der Waals surface area (Å²) >= 11 is 1.58. The molecule has 0 spiro atoms. The van der Waals surface area contributed by atoms with E-state index in [1.165, 1.54) is 12.6 Å². The molecule has 0 saturated carbocycles. The molecule has 0 heterocycles. The molecule has 0 fully saturated rings. The summed E-state index contributed by atoms with van der Waals surface area (Å²) < 4.78 is 0. The molecule has 0 bridgehead atoms. The zero-order chi connectivity index (χ0) is 12.9. The van der Waals surface area contributed by atoms with E-state index < -0.39 is 0 Å². The van der Waals surface area contributed by atoms with E-state index in [1.54, 1.807) is 11.8 Å². The van der Waals surface area contributed by atoms with Gasteiger partial charge in [0.1, 0.15) is 0 Å². The van der Waals surface area contributed by atoms with Crippen molar-refractivity contribution in [3.05, 3.63) is 35.6 Å². The van der Waals surface area contributed by atoms with Gasteiger partial charge in [-0.25, -0.2) is 0 Å². The number of aliphatic imine (C=N–C) groups is 1. The molecule has 0 aliphatic rings. The fraction of sp³-hybridized carbons (Fsp3) is 0.429. The number of hydrogen-bond acceptors (Lipinski definition) is 3. The van der Waals surface area contributed by atoms with Crippen molar-refractivity contribution in [1.82, 2.24) is 0 Å². The number of benzene rings is 1. The predicted molar refractivity (Wildman–Crippen MR) is 79.0 cm³/mol. The van der Waals surface area contributed by atoms with Crippen LogP contribution in [0.15, 0.2) is 34.2 Å². The van der Waals surface area contributed by atoms with Crippen LogP contribution in [-0.4, -0.2) is 31.8 Å². The van der Waals surface area contributed by atoms with Crippen molar-refractivity contribution in [2.24, 2.45) is 4.99 Å². The minimum atomic E-state index is -0.0798. The number of hydrogen-bond donors (Lipinski definition) is 0. The summed E-state index contributed by atoms with van der Waals surface area (Å²) in [6.45, 7) is 6.59. The molecular weight excluding hydrogens is 237 g/mol. The predicted octanol–water partition coefficient (Wildman–Crippen LogP) is 2.64. The van der Waals surface area contributed by atoms with Crippen LogP contribution in [0.5, 0.6) is 0 Å². The molecule has 1 aromatic carbocycles. The topological polar surface area (TPSA) is 35.4 Å². The summed E-state index contributed by atoms with van der Waals surface area (Å²) in [5, 5.41) is 11.0. The molecular formula is C14H19LiNOS-. The molecule has 1 aromatic rings. The summed E-state index contributed by atoms with van der Waals surface area (Å²) in [6, 6.07) is 8.47. The fourth-order valence-electron chi connectivity index (χ4n) is 1.33. The van der Waals surface area contributed by atoms with Gasteiger partial charge in [-0.2, -0.15) is 0 Å². The molecule has 0 unspecified atom stereocenters. The normalized spacial score (nSPS) is 12.1. The second kappa shape index (κ2) is 7.94. The van der Waals surface area contributed by atoms with E-state index >= 15 is 0 Å².